The van der Waals surface area contributed by atoms with Gasteiger partial charge in [-0.3, -0.25) is 0 Å². The lowest BCUT2D eigenvalue weighted by Crippen LogP contribution is -2.43. The Hall–Kier alpha value is -1.32. The van der Waals surface area contributed by atoms with Crippen LogP contribution >= 0.6 is 0 Å². The first-order valence-corrected chi connectivity index (χ1v) is 6.78. The zero-order valence-electron chi connectivity index (χ0n) is 10.8. The summed E-state index contributed by atoms with van der Waals surface area (Å²) >= 11 is 0. The standard InChI is InChI=1S/C15H20N2O/c1-11(17-13-6-4-8-16-10-13)15-9-12-5-2-3-7-14(12)18-15/h2-3,5,7,9,11,13,16-17H,4,6,8,10H2,1H3. The van der Waals surface area contributed by atoms with E-state index in [9.17, 15) is 0 Å². The number of para-hydroxylation sites is 1. The highest BCUT2D eigenvalue weighted by Crippen LogP contribution is 2.24. The van der Waals surface area contributed by atoms with E-state index in [1.54, 1.807) is 0 Å². The summed E-state index contributed by atoms with van der Waals surface area (Å²) < 4.78 is 5.89. The van der Waals surface area contributed by atoms with Gasteiger partial charge >= 0.3 is 0 Å². The first-order chi connectivity index (χ1) is 8.83. The average Bonchev–Trinajstić information content (AvgIpc) is 2.84. The van der Waals surface area contributed by atoms with E-state index in [0.717, 1.165) is 24.4 Å². The molecule has 2 atom stereocenters. The molecule has 1 aliphatic rings. The molecule has 3 rings (SSSR count). The van der Waals surface area contributed by atoms with Gasteiger partial charge in [-0.1, -0.05) is 18.2 Å². The van der Waals surface area contributed by atoms with Gasteiger partial charge in [0, 0.05) is 18.0 Å². The van der Waals surface area contributed by atoms with Crippen molar-refractivity contribution in [3.8, 4) is 0 Å². The zero-order valence-corrected chi connectivity index (χ0v) is 10.8. The van der Waals surface area contributed by atoms with Gasteiger partial charge in [-0.25, -0.2) is 0 Å². The topological polar surface area (TPSA) is 37.2 Å². The quantitative estimate of drug-likeness (QED) is 0.871. The molecule has 0 aliphatic carbocycles. The molecule has 3 heteroatoms. The molecular weight excluding hydrogens is 224 g/mol. The molecule has 0 radical (unpaired) electrons. The van der Waals surface area contributed by atoms with Gasteiger partial charge in [0.1, 0.15) is 11.3 Å². The molecule has 2 N–H and O–H groups in total. The second kappa shape index (κ2) is 5.12. The minimum absolute atomic E-state index is 0.266. The first-order valence-electron chi connectivity index (χ1n) is 6.78. The number of furan rings is 1. The maximum Gasteiger partial charge on any atom is 0.134 e. The number of fused-ring (bicyclic) bond motifs is 1. The van der Waals surface area contributed by atoms with E-state index >= 15 is 0 Å². The van der Waals surface area contributed by atoms with Gasteiger partial charge in [0.15, 0.2) is 0 Å². The molecule has 0 bridgehead atoms. The molecule has 1 aliphatic heterocycles. The molecule has 1 fully saturated rings. The van der Waals surface area contributed by atoms with Gasteiger partial charge in [0.05, 0.1) is 6.04 Å². The normalized spacial score (nSPS) is 22.2. The van der Waals surface area contributed by atoms with Crippen molar-refractivity contribution in [3.05, 3.63) is 36.1 Å². The average molecular weight is 244 g/mol. The van der Waals surface area contributed by atoms with E-state index in [0.29, 0.717) is 6.04 Å². The highest BCUT2D eigenvalue weighted by molar-refractivity contribution is 5.77. The molecule has 0 spiro atoms. The Morgan fingerprint density at radius 1 is 1.39 bits per heavy atom. The van der Waals surface area contributed by atoms with Crippen LogP contribution in [0.4, 0.5) is 0 Å². The summed E-state index contributed by atoms with van der Waals surface area (Å²) in [4.78, 5) is 0. The van der Waals surface area contributed by atoms with E-state index < -0.39 is 0 Å². The van der Waals surface area contributed by atoms with E-state index in [1.807, 2.05) is 18.2 Å². The van der Waals surface area contributed by atoms with Crippen LogP contribution in [0.1, 0.15) is 31.6 Å². The molecule has 0 saturated carbocycles. The minimum Gasteiger partial charge on any atom is -0.459 e. The van der Waals surface area contributed by atoms with Crippen LogP contribution in [0.2, 0.25) is 0 Å². The third-order valence-corrected chi connectivity index (χ3v) is 3.65. The third kappa shape index (κ3) is 2.42. The van der Waals surface area contributed by atoms with Crippen molar-refractivity contribution in [2.24, 2.45) is 0 Å². The number of piperidine rings is 1. The number of hydrogen-bond donors (Lipinski definition) is 2. The number of rotatable bonds is 3. The van der Waals surface area contributed by atoms with Gasteiger partial charge in [-0.15, -0.1) is 0 Å². The van der Waals surface area contributed by atoms with E-state index in [4.69, 9.17) is 4.42 Å². The Bertz CT molecular complexity index is 481. The maximum atomic E-state index is 5.89. The summed E-state index contributed by atoms with van der Waals surface area (Å²) in [5.41, 5.74) is 0.975. The van der Waals surface area contributed by atoms with E-state index in [-0.39, 0.29) is 6.04 Å². The molecule has 96 valence electrons. The second-order valence-corrected chi connectivity index (χ2v) is 5.12. The van der Waals surface area contributed by atoms with Crippen molar-refractivity contribution in [2.45, 2.75) is 31.8 Å². The zero-order chi connectivity index (χ0) is 12.4. The van der Waals surface area contributed by atoms with Crippen LogP contribution in [-0.2, 0) is 0 Å². The molecule has 18 heavy (non-hydrogen) atoms. The van der Waals surface area contributed by atoms with Crippen LogP contribution in [0.15, 0.2) is 34.7 Å². The largest absolute Gasteiger partial charge is 0.459 e. The number of nitrogens with one attached hydrogen (secondary N) is 2. The van der Waals surface area contributed by atoms with Gasteiger partial charge in [-0.05, 0) is 38.4 Å². The lowest BCUT2D eigenvalue weighted by atomic mass is 10.1. The van der Waals surface area contributed by atoms with E-state index in [2.05, 4.69) is 29.7 Å². The molecule has 1 aromatic heterocycles. The van der Waals surface area contributed by atoms with Crippen LogP contribution in [0.5, 0.6) is 0 Å². The molecule has 0 amide bonds. The molecule has 2 unspecified atom stereocenters. The smallest absolute Gasteiger partial charge is 0.134 e. The van der Waals surface area contributed by atoms with Crippen LogP contribution < -0.4 is 10.6 Å². The summed E-state index contributed by atoms with van der Waals surface area (Å²) in [6.45, 7) is 4.38. The van der Waals surface area contributed by atoms with Crippen molar-refractivity contribution in [3.63, 3.8) is 0 Å². The first kappa shape index (κ1) is 11.8. The maximum absolute atomic E-state index is 5.89. The monoisotopic (exact) mass is 244 g/mol. The fourth-order valence-corrected chi connectivity index (χ4v) is 2.65. The predicted octanol–water partition coefficient (Wildman–Crippen LogP) is 2.84. The minimum atomic E-state index is 0.266. The van der Waals surface area contributed by atoms with Gasteiger partial charge in [0.2, 0.25) is 0 Å². The highest BCUT2D eigenvalue weighted by atomic mass is 16.3. The number of benzene rings is 1. The van der Waals surface area contributed by atoms with Crippen molar-refractivity contribution in [1.29, 1.82) is 0 Å². The molecule has 2 aromatic rings. The second-order valence-electron chi connectivity index (χ2n) is 5.12. The van der Waals surface area contributed by atoms with Gasteiger partial charge in [0.25, 0.3) is 0 Å². The van der Waals surface area contributed by atoms with Crippen molar-refractivity contribution in [1.82, 2.24) is 10.6 Å². The molecule has 1 aromatic carbocycles. The van der Waals surface area contributed by atoms with Crippen molar-refractivity contribution < 1.29 is 4.42 Å². The third-order valence-electron chi connectivity index (χ3n) is 3.65. The van der Waals surface area contributed by atoms with Crippen LogP contribution in [0, 0.1) is 0 Å². The fourth-order valence-electron chi connectivity index (χ4n) is 2.65. The Morgan fingerprint density at radius 2 is 2.28 bits per heavy atom. The Balaban J connectivity index is 1.72. The summed E-state index contributed by atoms with van der Waals surface area (Å²) in [5.74, 6) is 1.03. The van der Waals surface area contributed by atoms with Gasteiger partial charge < -0.3 is 15.1 Å². The SMILES string of the molecule is CC(NC1CCCNC1)c1cc2ccccc2o1. The van der Waals surface area contributed by atoms with Crippen LogP contribution in [0.3, 0.4) is 0 Å². The summed E-state index contributed by atoms with van der Waals surface area (Å²) in [5, 5.41) is 8.25. The molecule has 3 nitrogen and oxygen atoms in total. The molecule has 1 saturated heterocycles. The highest BCUT2D eigenvalue weighted by Gasteiger charge is 2.18. The van der Waals surface area contributed by atoms with E-state index in [1.165, 1.54) is 18.2 Å². The Morgan fingerprint density at radius 3 is 3.06 bits per heavy atom. The Kier molecular flexibility index (Phi) is 3.35. The van der Waals surface area contributed by atoms with Crippen LogP contribution in [0.25, 0.3) is 11.0 Å². The van der Waals surface area contributed by atoms with Crippen LogP contribution in [-0.4, -0.2) is 19.1 Å². The Labute approximate surface area is 108 Å². The lowest BCUT2D eigenvalue weighted by Gasteiger charge is -2.26. The van der Waals surface area contributed by atoms with Crippen molar-refractivity contribution in [2.75, 3.05) is 13.1 Å². The fraction of sp³-hybridized carbons (Fsp3) is 0.467. The molecule has 2 heterocycles. The summed E-state index contributed by atoms with van der Waals surface area (Å²) in [6.07, 6.45) is 2.50. The number of hydrogen-bond acceptors (Lipinski definition) is 3. The summed E-state index contributed by atoms with van der Waals surface area (Å²) in [7, 11) is 0. The predicted molar refractivity (Wildman–Crippen MR) is 73.7 cm³/mol. The summed E-state index contributed by atoms with van der Waals surface area (Å²) in [6, 6.07) is 11.1. The van der Waals surface area contributed by atoms with Gasteiger partial charge in [-0.2, -0.15) is 0 Å². The molecular formula is C15H20N2O. The van der Waals surface area contributed by atoms with Crippen molar-refractivity contribution >= 4 is 11.0 Å². The lowest BCUT2D eigenvalue weighted by molar-refractivity contribution is 0.340.